The number of ether oxygens (including phenoxy) is 2. The van der Waals surface area contributed by atoms with Gasteiger partial charge in [0.1, 0.15) is 5.58 Å². The van der Waals surface area contributed by atoms with Crippen molar-refractivity contribution in [2.75, 3.05) is 13.2 Å². The standard InChI is InChI=1S/C35H50N2O5/c1-33(2,3)25-34(4,5)35(6,7)32(39)41-21-15-13-11-9-8-10-12-14-20-40-30-23-29-27(24-37-30)22-28(31(38)42-29)26-16-18-36-19-17-26/h16-19,22-24H,8-15,20-21,25H2,1-7H3. The van der Waals surface area contributed by atoms with Crippen LogP contribution in [-0.4, -0.2) is 29.2 Å². The molecule has 0 saturated carbocycles. The summed E-state index contributed by atoms with van der Waals surface area (Å²) in [5, 5.41) is 0.746. The summed E-state index contributed by atoms with van der Waals surface area (Å²) in [7, 11) is 0. The maximum atomic E-state index is 12.8. The molecular formula is C35H50N2O5. The van der Waals surface area contributed by atoms with Crippen molar-refractivity contribution >= 4 is 16.9 Å². The molecule has 3 aromatic heterocycles. The predicted octanol–water partition coefficient (Wildman–Crippen LogP) is 8.78. The summed E-state index contributed by atoms with van der Waals surface area (Å²) in [4.78, 5) is 33.7. The Bertz CT molecular complexity index is 1340. The van der Waals surface area contributed by atoms with E-state index in [1.54, 1.807) is 42.9 Å². The van der Waals surface area contributed by atoms with Gasteiger partial charge in [-0.3, -0.25) is 9.78 Å². The van der Waals surface area contributed by atoms with Gasteiger partial charge in [-0.2, -0.15) is 0 Å². The van der Waals surface area contributed by atoms with Crippen LogP contribution in [0.5, 0.6) is 5.88 Å². The molecule has 7 heteroatoms. The van der Waals surface area contributed by atoms with Gasteiger partial charge in [-0.1, -0.05) is 73.1 Å². The number of hydrogen-bond acceptors (Lipinski definition) is 7. The lowest BCUT2D eigenvalue weighted by Crippen LogP contribution is -2.43. The highest BCUT2D eigenvalue weighted by Crippen LogP contribution is 2.47. The Labute approximate surface area is 251 Å². The molecule has 0 bridgehead atoms. The molecular weight excluding hydrogens is 528 g/mol. The summed E-state index contributed by atoms with van der Waals surface area (Å²) < 4.78 is 17.0. The number of rotatable bonds is 16. The Balaban J connectivity index is 1.26. The number of esters is 1. The minimum absolute atomic E-state index is 0.0856. The molecule has 0 atom stereocenters. The molecule has 0 radical (unpaired) electrons. The van der Waals surface area contributed by atoms with E-state index in [2.05, 4.69) is 44.6 Å². The van der Waals surface area contributed by atoms with Crippen LogP contribution < -0.4 is 10.4 Å². The van der Waals surface area contributed by atoms with E-state index in [4.69, 9.17) is 13.9 Å². The molecule has 0 saturated heterocycles. The zero-order chi connectivity index (χ0) is 30.8. The molecule has 7 nitrogen and oxygen atoms in total. The number of fused-ring (bicyclic) bond motifs is 1. The van der Waals surface area contributed by atoms with Gasteiger partial charge < -0.3 is 13.9 Å². The van der Waals surface area contributed by atoms with Crippen LogP contribution in [0.2, 0.25) is 0 Å². The van der Waals surface area contributed by atoms with Crippen molar-refractivity contribution in [1.29, 1.82) is 0 Å². The molecule has 0 unspecified atom stereocenters. The van der Waals surface area contributed by atoms with Crippen LogP contribution >= 0.6 is 0 Å². The Kier molecular flexibility index (Phi) is 11.7. The van der Waals surface area contributed by atoms with Crippen LogP contribution in [0.25, 0.3) is 22.1 Å². The summed E-state index contributed by atoms with van der Waals surface area (Å²) in [6, 6.07) is 7.02. The van der Waals surface area contributed by atoms with Gasteiger partial charge in [0.15, 0.2) is 0 Å². The average Bonchev–Trinajstić information content (AvgIpc) is 2.92. The molecule has 0 aliphatic heterocycles. The van der Waals surface area contributed by atoms with E-state index in [-0.39, 0.29) is 16.8 Å². The highest BCUT2D eigenvalue weighted by atomic mass is 16.5. The van der Waals surface area contributed by atoms with E-state index in [1.807, 2.05) is 13.8 Å². The van der Waals surface area contributed by atoms with Gasteiger partial charge >= 0.3 is 11.6 Å². The third kappa shape index (κ3) is 9.67. The largest absolute Gasteiger partial charge is 0.478 e. The molecule has 0 aromatic carbocycles. The summed E-state index contributed by atoms with van der Waals surface area (Å²) >= 11 is 0. The fourth-order valence-electron chi connectivity index (χ4n) is 5.42. The van der Waals surface area contributed by atoms with Gasteiger partial charge in [-0.25, -0.2) is 9.78 Å². The third-order valence-corrected chi connectivity index (χ3v) is 8.28. The summed E-state index contributed by atoms with van der Waals surface area (Å²) in [6.45, 7) is 16.1. The Hall–Kier alpha value is -3.22. The second-order valence-corrected chi connectivity index (χ2v) is 13.8. The lowest BCUT2D eigenvalue weighted by molar-refractivity contribution is -0.162. The van der Waals surface area contributed by atoms with Crippen LogP contribution in [0, 0.1) is 16.2 Å². The molecule has 3 aromatic rings. The Morgan fingerprint density at radius 1 is 0.833 bits per heavy atom. The molecule has 0 amide bonds. The van der Waals surface area contributed by atoms with Crippen LogP contribution in [0.4, 0.5) is 0 Å². The van der Waals surface area contributed by atoms with Crippen molar-refractivity contribution in [3.8, 4) is 17.0 Å². The van der Waals surface area contributed by atoms with Crippen molar-refractivity contribution in [3.63, 3.8) is 0 Å². The van der Waals surface area contributed by atoms with E-state index in [1.165, 1.54) is 12.8 Å². The van der Waals surface area contributed by atoms with Gasteiger partial charge in [-0.05, 0) is 67.7 Å². The van der Waals surface area contributed by atoms with Crippen molar-refractivity contribution in [3.05, 3.63) is 53.3 Å². The molecule has 3 heterocycles. The van der Waals surface area contributed by atoms with Gasteiger partial charge in [0.2, 0.25) is 5.88 Å². The average molecular weight is 579 g/mol. The number of aromatic nitrogens is 2. The lowest BCUT2D eigenvalue weighted by atomic mass is 9.61. The maximum Gasteiger partial charge on any atom is 0.344 e. The molecule has 0 aliphatic rings. The molecule has 0 fully saturated rings. The summed E-state index contributed by atoms with van der Waals surface area (Å²) in [6.07, 6.45) is 14.6. The monoisotopic (exact) mass is 578 g/mol. The topological polar surface area (TPSA) is 91.5 Å². The number of carbonyl (C=O) groups is 1. The number of nitrogens with zero attached hydrogens (tertiary/aromatic N) is 2. The second-order valence-electron chi connectivity index (χ2n) is 13.8. The molecule has 42 heavy (non-hydrogen) atoms. The summed E-state index contributed by atoms with van der Waals surface area (Å²) in [5.41, 5.74) is 0.820. The van der Waals surface area contributed by atoms with Crippen LogP contribution in [0.1, 0.15) is 106 Å². The third-order valence-electron chi connectivity index (χ3n) is 8.28. The smallest absolute Gasteiger partial charge is 0.344 e. The van der Waals surface area contributed by atoms with Gasteiger partial charge in [0.05, 0.1) is 24.2 Å². The van der Waals surface area contributed by atoms with Crippen LogP contribution in [0.3, 0.4) is 0 Å². The number of pyridine rings is 2. The first-order valence-electron chi connectivity index (χ1n) is 15.4. The number of hydrogen-bond donors (Lipinski definition) is 0. The van der Waals surface area contributed by atoms with E-state index in [0.29, 0.717) is 30.2 Å². The van der Waals surface area contributed by atoms with Crippen molar-refractivity contribution in [2.24, 2.45) is 16.2 Å². The molecule has 0 N–H and O–H groups in total. The fraction of sp³-hybridized carbons (Fsp3) is 0.600. The van der Waals surface area contributed by atoms with Gasteiger partial charge in [0.25, 0.3) is 0 Å². The lowest BCUT2D eigenvalue weighted by Gasteiger charge is -2.43. The van der Waals surface area contributed by atoms with Crippen LogP contribution in [0.15, 0.2) is 52.1 Å². The number of unbranched alkanes of at least 4 members (excludes halogenated alkanes) is 7. The SMILES string of the molecule is CC(C)(C)CC(C)(C)C(C)(C)C(=O)OCCCCCCCCCCOc1cc2oc(=O)c(-c3ccncc3)cc2cn1. The molecule has 3 rings (SSSR count). The maximum absolute atomic E-state index is 12.8. The van der Waals surface area contributed by atoms with Gasteiger partial charge in [-0.15, -0.1) is 0 Å². The molecule has 0 spiro atoms. The van der Waals surface area contributed by atoms with Crippen molar-refractivity contribution in [1.82, 2.24) is 9.97 Å². The first kappa shape index (κ1) is 33.3. The molecule has 0 aliphatic carbocycles. The Morgan fingerprint density at radius 3 is 2.05 bits per heavy atom. The van der Waals surface area contributed by atoms with Gasteiger partial charge in [0, 0.05) is 30.0 Å². The Morgan fingerprint density at radius 2 is 1.43 bits per heavy atom. The quantitative estimate of drug-likeness (QED) is 0.124. The van der Waals surface area contributed by atoms with Crippen molar-refractivity contribution < 1.29 is 18.7 Å². The fourth-order valence-corrected chi connectivity index (χ4v) is 5.42. The van der Waals surface area contributed by atoms with E-state index in [9.17, 15) is 9.59 Å². The van der Waals surface area contributed by atoms with E-state index in [0.717, 1.165) is 55.9 Å². The van der Waals surface area contributed by atoms with E-state index >= 15 is 0 Å². The van der Waals surface area contributed by atoms with E-state index < -0.39 is 11.0 Å². The highest BCUT2D eigenvalue weighted by molar-refractivity contribution is 5.81. The summed E-state index contributed by atoms with van der Waals surface area (Å²) in [5.74, 6) is 0.377. The zero-order valence-corrected chi connectivity index (χ0v) is 26.8. The predicted molar refractivity (Wildman–Crippen MR) is 169 cm³/mol. The highest BCUT2D eigenvalue weighted by Gasteiger charge is 2.46. The first-order valence-corrected chi connectivity index (χ1v) is 15.4. The zero-order valence-electron chi connectivity index (χ0n) is 26.8. The molecule has 230 valence electrons. The minimum Gasteiger partial charge on any atom is -0.478 e. The second kappa shape index (κ2) is 14.8. The first-order chi connectivity index (χ1) is 19.8. The van der Waals surface area contributed by atoms with Crippen molar-refractivity contribution in [2.45, 2.75) is 106 Å². The number of carbonyl (C=O) groups excluding carboxylic acids is 1. The normalized spacial score (nSPS) is 12.5. The van der Waals surface area contributed by atoms with Crippen LogP contribution in [-0.2, 0) is 9.53 Å². The minimum atomic E-state index is -0.519.